The summed E-state index contributed by atoms with van der Waals surface area (Å²) in [4.78, 5) is 12.8. The Hall–Kier alpha value is -2.58. The fraction of sp³-hybridized carbons (Fsp3) is 0.167. The Morgan fingerprint density at radius 3 is 2.38 bits per heavy atom. The largest absolute Gasteiger partial charge is 0.346 e. The van der Waals surface area contributed by atoms with Gasteiger partial charge >= 0.3 is 0 Å². The molecule has 8 heteroatoms. The lowest BCUT2D eigenvalue weighted by atomic mass is 10.2. The number of aryl methyl sites for hydroxylation is 2. The number of rotatable bonds is 5. The van der Waals surface area contributed by atoms with Crippen molar-refractivity contribution in [1.29, 1.82) is 0 Å². The van der Waals surface area contributed by atoms with Crippen molar-refractivity contribution in [3.63, 3.8) is 0 Å². The topological polar surface area (TPSA) is 89.0 Å². The molecule has 0 aliphatic rings. The van der Waals surface area contributed by atoms with Crippen LogP contribution in [0.4, 0.5) is 0 Å². The summed E-state index contributed by atoms with van der Waals surface area (Å²) in [6, 6.07) is 13.2. The molecule has 6 nitrogen and oxygen atoms in total. The van der Waals surface area contributed by atoms with Gasteiger partial charge in [-0.1, -0.05) is 17.7 Å². The average molecular weight is 387 g/mol. The molecule has 0 spiro atoms. The third kappa shape index (κ3) is 3.97. The van der Waals surface area contributed by atoms with Crippen molar-refractivity contribution >= 4 is 27.1 Å². The van der Waals surface area contributed by atoms with Crippen LogP contribution < -0.4 is 5.32 Å². The number of amides is 1. The Morgan fingerprint density at radius 2 is 1.73 bits per heavy atom. The number of carbonyl (C=O) groups is 1. The number of carbonyl (C=O) groups excluding carboxylic acids is 1. The van der Waals surface area contributed by atoms with Crippen LogP contribution in [0.2, 0.25) is 0 Å². The summed E-state index contributed by atoms with van der Waals surface area (Å²) < 4.78 is 25.4. The fourth-order valence-corrected chi connectivity index (χ4v) is 4.82. The second kappa shape index (κ2) is 7.35. The maximum atomic E-state index is 12.7. The van der Waals surface area contributed by atoms with Crippen molar-refractivity contribution in [2.45, 2.75) is 29.5 Å². The van der Waals surface area contributed by atoms with Gasteiger partial charge in [-0.05, 0) is 50.2 Å². The molecule has 1 aromatic carbocycles. The Kier molecular flexibility index (Phi) is 5.15. The third-order valence-corrected chi connectivity index (χ3v) is 7.03. The highest BCUT2D eigenvalue weighted by Crippen LogP contribution is 2.28. The normalized spacial score (nSPS) is 11.3. The van der Waals surface area contributed by atoms with Crippen LogP contribution in [0.1, 0.15) is 26.6 Å². The molecular formula is C18H17N3O3S2. The van der Waals surface area contributed by atoms with Crippen molar-refractivity contribution in [2.24, 2.45) is 0 Å². The predicted molar refractivity (Wildman–Crippen MR) is 98.9 cm³/mol. The van der Waals surface area contributed by atoms with E-state index in [4.69, 9.17) is 0 Å². The van der Waals surface area contributed by atoms with Crippen LogP contribution in [0.25, 0.3) is 0 Å². The second-order valence-corrected chi connectivity index (χ2v) is 9.04. The number of hydrogen-bond donors (Lipinski definition) is 1. The molecule has 1 N–H and O–H groups in total. The monoisotopic (exact) mass is 387 g/mol. The van der Waals surface area contributed by atoms with E-state index < -0.39 is 9.84 Å². The minimum absolute atomic E-state index is 0.140. The minimum Gasteiger partial charge on any atom is -0.346 e. The zero-order chi connectivity index (χ0) is 18.7. The van der Waals surface area contributed by atoms with Crippen molar-refractivity contribution in [1.82, 2.24) is 15.5 Å². The Balaban J connectivity index is 1.73. The lowest BCUT2D eigenvalue weighted by Crippen LogP contribution is -2.22. The first-order valence-electron chi connectivity index (χ1n) is 7.85. The Labute approximate surface area is 155 Å². The maximum Gasteiger partial charge on any atom is 0.261 e. The molecule has 0 fully saturated rings. The average Bonchev–Trinajstić information content (AvgIpc) is 3.12. The minimum atomic E-state index is -3.62. The van der Waals surface area contributed by atoms with E-state index in [1.807, 2.05) is 19.9 Å². The second-order valence-electron chi connectivity index (χ2n) is 5.78. The van der Waals surface area contributed by atoms with E-state index >= 15 is 0 Å². The van der Waals surface area contributed by atoms with E-state index in [0.29, 0.717) is 10.6 Å². The van der Waals surface area contributed by atoms with Gasteiger partial charge in [-0.2, -0.15) is 10.2 Å². The van der Waals surface area contributed by atoms with Gasteiger partial charge in [-0.3, -0.25) is 4.79 Å². The zero-order valence-corrected chi connectivity index (χ0v) is 15.9. The lowest BCUT2D eigenvalue weighted by Gasteiger charge is -2.03. The van der Waals surface area contributed by atoms with Crippen LogP contribution in [-0.2, 0) is 16.4 Å². The summed E-state index contributed by atoms with van der Waals surface area (Å²) >= 11 is 0.949. The van der Waals surface area contributed by atoms with Crippen LogP contribution in [0, 0.1) is 13.8 Å². The van der Waals surface area contributed by atoms with Gasteiger partial charge < -0.3 is 5.32 Å². The van der Waals surface area contributed by atoms with Gasteiger partial charge in [0.1, 0.15) is 4.21 Å². The van der Waals surface area contributed by atoms with E-state index in [2.05, 4.69) is 15.5 Å². The fourth-order valence-electron chi connectivity index (χ4n) is 2.20. The molecule has 3 aromatic rings. The molecule has 2 aromatic heterocycles. The van der Waals surface area contributed by atoms with Crippen molar-refractivity contribution < 1.29 is 13.2 Å². The lowest BCUT2D eigenvalue weighted by molar-refractivity contribution is 0.0954. The SMILES string of the molecule is Cc1ccc(S(=O)(=O)c2ccc(C(=O)NCc3ccc(C)nn3)s2)cc1. The summed E-state index contributed by atoms with van der Waals surface area (Å²) in [5.41, 5.74) is 2.41. The number of hydrogen-bond acceptors (Lipinski definition) is 6. The van der Waals surface area contributed by atoms with Gasteiger partial charge in [0.25, 0.3) is 5.91 Å². The summed E-state index contributed by atoms with van der Waals surface area (Å²) in [6.07, 6.45) is 0. The first kappa shape index (κ1) is 18.2. The van der Waals surface area contributed by atoms with Crippen LogP contribution in [0.3, 0.4) is 0 Å². The van der Waals surface area contributed by atoms with Gasteiger partial charge in [-0.25, -0.2) is 8.42 Å². The Morgan fingerprint density at radius 1 is 1.00 bits per heavy atom. The molecule has 3 rings (SSSR count). The van der Waals surface area contributed by atoms with Crippen molar-refractivity contribution in [3.05, 3.63) is 70.4 Å². The standard InChI is InChI=1S/C18H17N3O3S2/c1-12-3-7-15(8-4-12)26(23,24)17-10-9-16(25-17)18(22)19-11-14-6-5-13(2)20-21-14/h3-10H,11H2,1-2H3,(H,19,22). The number of benzene rings is 1. The Bertz CT molecular complexity index is 1020. The maximum absolute atomic E-state index is 12.7. The summed E-state index contributed by atoms with van der Waals surface area (Å²) in [7, 11) is -3.62. The third-order valence-electron chi connectivity index (χ3n) is 3.68. The zero-order valence-electron chi connectivity index (χ0n) is 14.3. The predicted octanol–water partition coefficient (Wildman–Crippen LogP) is 2.92. The number of nitrogens with one attached hydrogen (secondary N) is 1. The summed E-state index contributed by atoms with van der Waals surface area (Å²) in [5, 5.41) is 10.6. The molecule has 0 saturated heterocycles. The molecule has 0 bridgehead atoms. The van der Waals surface area contributed by atoms with E-state index in [0.717, 1.165) is 22.6 Å². The molecule has 26 heavy (non-hydrogen) atoms. The highest BCUT2D eigenvalue weighted by atomic mass is 32.2. The van der Waals surface area contributed by atoms with Crippen LogP contribution in [-0.4, -0.2) is 24.5 Å². The molecular weight excluding hydrogens is 370 g/mol. The smallest absolute Gasteiger partial charge is 0.261 e. The first-order valence-corrected chi connectivity index (χ1v) is 10.2. The number of thiophene rings is 1. The quantitative estimate of drug-likeness (QED) is 0.727. The van der Waals surface area contributed by atoms with Gasteiger partial charge in [0.15, 0.2) is 0 Å². The highest BCUT2D eigenvalue weighted by Gasteiger charge is 2.21. The van der Waals surface area contributed by atoms with Crippen molar-refractivity contribution in [2.75, 3.05) is 0 Å². The molecule has 0 atom stereocenters. The van der Waals surface area contributed by atoms with Gasteiger partial charge in [0.05, 0.1) is 27.7 Å². The van der Waals surface area contributed by atoms with Crippen LogP contribution >= 0.6 is 11.3 Å². The molecule has 134 valence electrons. The summed E-state index contributed by atoms with van der Waals surface area (Å²) in [6.45, 7) is 3.95. The molecule has 0 aliphatic carbocycles. The van der Waals surface area contributed by atoms with Crippen molar-refractivity contribution in [3.8, 4) is 0 Å². The molecule has 1 amide bonds. The van der Waals surface area contributed by atoms with E-state index in [1.165, 1.54) is 12.1 Å². The highest BCUT2D eigenvalue weighted by molar-refractivity contribution is 7.93. The summed E-state index contributed by atoms with van der Waals surface area (Å²) in [5.74, 6) is -0.345. The molecule has 2 heterocycles. The number of aromatic nitrogens is 2. The number of nitrogens with zero attached hydrogens (tertiary/aromatic N) is 2. The van der Waals surface area contributed by atoms with E-state index in [-0.39, 0.29) is 21.6 Å². The molecule has 0 aliphatic heterocycles. The van der Waals surface area contributed by atoms with E-state index in [9.17, 15) is 13.2 Å². The van der Waals surface area contributed by atoms with Gasteiger partial charge in [0.2, 0.25) is 9.84 Å². The number of sulfone groups is 1. The van der Waals surface area contributed by atoms with Crippen LogP contribution in [0.5, 0.6) is 0 Å². The van der Waals surface area contributed by atoms with Gasteiger partial charge in [-0.15, -0.1) is 11.3 Å². The first-order chi connectivity index (χ1) is 12.4. The van der Waals surface area contributed by atoms with E-state index in [1.54, 1.807) is 30.3 Å². The van der Waals surface area contributed by atoms with Gasteiger partial charge in [0, 0.05) is 0 Å². The molecule has 0 saturated carbocycles. The van der Waals surface area contributed by atoms with Crippen LogP contribution in [0.15, 0.2) is 57.6 Å². The molecule has 0 radical (unpaired) electrons. The molecule has 0 unspecified atom stereocenters.